The molecule has 0 aliphatic rings. The summed E-state index contributed by atoms with van der Waals surface area (Å²) in [5.41, 5.74) is -0.291. The average Bonchev–Trinajstić information content (AvgIpc) is 1.94. The maximum absolute atomic E-state index is 12.6. The molecule has 0 aliphatic carbocycles. The van der Waals surface area contributed by atoms with Crippen LogP contribution in [0.5, 0.6) is 0 Å². The molecular weight excluding hydrogens is 162 g/mol. The van der Waals surface area contributed by atoms with Crippen molar-refractivity contribution in [2.24, 2.45) is 0 Å². The Morgan fingerprint density at radius 3 is 2.64 bits per heavy atom. The van der Waals surface area contributed by atoms with Crippen molar-refractivity contribution < 1.29 is 4.39 Å². The largest absolute Gasteiger partial charge is 0.241 e. The summed E-state index contributed by atoms with van der Waals surface area (Å²) < 4.78 is 12.6. The zero-order valence-corrected chi connectivity index (χ0v) is 6.35. The molecule has 1 aromatic rings. The Labute approximate surface area is 71.8 Å². The summed E-state index contributed by atoms with van der Waals surface area (Å²) >= 11 is 5.32. The Bertz CT molecular complexity index is 267. The molecule has 0 aliphatic heterocycles. The lowest BCUT2D eigenvalue weighted by molar-refractivity contribution is 0.620. The van der Waals surface area contributed by atoms with Crippen LogP contribution >= 0.6 is 11.6 Å². The fourth-order valence-corrected chi connectivity index (χ4v) is 0.722. The second-order valence-electron chi connectivity index (χ2n) is 2.07. The molecule has 0 amide bonds. The fraction of sp³-hybridized carbons (Fsp3) is 0.167. The molecule has 1 nitrogen and oxygen atoms in total. The van der Waals surface area contributed by atoms with E-state index in [1.165, 1.54) is 12.3 Å². The van der Waals surface area contributed by atoms with Crippen LogP contribution in [-0.4, -0.2) is 20.7 Å². The van der Waals surface area contributed by atoms with E-state index in [0.29, 0.717) is 5.56 Å². The number of pyridine rings is 1. The third-order valence-electron chi connectivity index (χ3n) is 1.20. The zero-order chi connectivity index (χ0) is 8.43. The fourth-order valence-electron chi connectivity index (χ4n) is 0.618. The number of nitrogens with zero attached hydrogens (tertiary/aromatic N) is 1. The van der Waals surface area contributed by atoms with Gasteiger partial charge in [-0.1, -0.05) is 17.3 Å². The Kier molecular flexibility index (Phi) is 2.55. The van der Waals surface area contributed by atoms with Crippen LogP contribution in [0, 0.1) is 5.82 Å². The summed E-state index contributed by atoms with van der Waals surface area (Å²) in [6, 6.07) is 1.17. The summed E-state index contributed by atoms with van der Waals surface area (Å²) in [4.78, 5) is 3.53. The van der Waals surface area contributed by atoms with E-state index in [1.807, 2.05) is 0 Å². The summed E-state index contributed by atoms with van der Waals surface area (Å²) in [7, 11) is 10.5. The first-order valence-corrected chi connectivity index (χ1v) is 3.31. The molecule has 52 valence electrons. The van der Waals surface area contributed by atoms with Gasteiger partial charge in [-0.2, -0.15) is 0 Å². The first-order valence-electron chi connectivity index (χ1n) is 2.93. The molecule has 0 saturated carbocycles. The van der Waals surface area contributed by atoms with Gasteiger partial charge in [0, 0.05) is 6.20 Å². The van der Waals surface area contributed by atoms with Crippen molar-refractivity contribution in [1.82, 2.24) is 4.98 Å². The van der Waals surface area contributed by atoms with E-state index in [1.54, 1.807) is 0 Å². The van der Waals surface area contributed by atoms with Crippen LogP contribution in [0.4, 0.5) is 4.39 Å². The average molecular weight is 165 g/mol. The SMILES string of the molecule is [B]C([B])c1cnc(Cl)c(F)c1. The highest BCUT2D eigenvalue weighted by Gasteiger charge is 2.03. The summed E-state index contributed by atoms with van der Waals surface area (Å²) in [6.07, 6.45) is 1.34. The van der Waals surface area contributed by atoms with Crippen LogP contribution in [0.1, 0.15) is 11.3 Å². The first kappa shape index (κ1) is 8.60. The van der Waals surface area contributed by atoms with Gasteiger partial charge in [0.15, 0.2) is 11.0 Å². The number of halogens is 2. The van der Waals surface area contributed by atoms with Gasteiger partial charge < -0.3 is 0 Å². The predicted octanol–water partition coefficient (Wildman–Crippen LogP) is 1.21. The summed E-state index contributed by atoms with van der Waals surface area (Å²) in [6.45, 7) is 0. The summed E-state index contributed by atoms with van der Waals surface area (Å²) in [5, 5.41) is -0.172. The number of hydrogen-bond donors (Lipinski definition) is 0. The molecule has 1 heterocycles. The normalized spacial score (nSPS) is 10.5. The minimum absolute atomic E-state index is 0.172. The van der Waals surface area contributed by atoms with Crippen LogP contribution in [0.25, 0.3) is 0 Å². The molecule has 4 radical (unpaired) electrons. The van der Waals surface area contributed by atoms with Crippen molar-refractivity contribution >= 4 is 27.3 Å². The Hall–Kier alpha value is -0.500. The quantitative estimate of drug-likeness (QED) is 0.450. The molecular formula is C6H3B2ClFN. The van der Waals surface area contributed by atoms with Crippen LogP contribution < -0.4 is 0 Å². The van der Waals surface area contributed by atoms with E-state index in [0.717, 1.165) is 0 Å². The molecule has 0 fully saturated rings. The lowest BCUT2D eigenvalue weighted by Crippen LogP contribution is -1.98. The molecule has 0 saturated heterocycles. The molecule has 5 heteroatoms. The topological polar surface area (TPSA) is 12.9 Å². The lowest BCUT2D eigenvalue weighted by Gasteiger charge is -2.04. The number of aromatic nitrogens is 1. The maximum atomic E-state index is 12.6. The highest BCUT2D eigenvalue weighted by Crippen LogP contribution is 2.15. The van der Waals surface area contributed by atoms with Crippen molar-refractivity contribution in [3.05, 3.63) is 28.8 Å². The van der Waals surface area contributed by atoms with Gasteiger partial charge in [-0.25, -0.2) is 9.37 Å². The van der Waals surface area contributed by atoms with Crippen LogP contribution in [0.15, 0.2) is 12.3 Å². The molecule has 1 rings (SSSR count). The third-order valence-corrected chi connectivity index (χ3v) is 1.48. The van der Waals surface area contributed by atoms with Crippen molar-refractivity contribution in [3.63, 3.8) is 0 Å². The van der Waals surface area contributed by atoms with Gasteiger partial charge in [0.2, 0.25) is 0 Å². The second-order valence-corrected chi connectivity index (χ2v) is 2.43. The van der Waals surface area contributed by atoms with Gasteiger partial charge in [0.25, 0.3) is 0 Å². The highest BCUT2D eigenvalue weighted by molar-refractivity contribution is 6.35. The molecule has 11 heavy (non-hydrogen) atoms. The van der Waals surface area contributed by atoms with Gasteiger partial charge in [-0.15, -0.1) is 0 Å². The smallest absolute Gasteiger partial charge is 0.164 e. The van der Waals surface area contributed by atoms with Crippen molar-refractivity contribution in [3.8, 4) is 0 Å². The van der Waals surface area contributed by atoms with E-state index in [9.17, 15) is 4.39 Å². The Morgan fingerprint density at radius 2 is 2.18 bits per heavy atom. The Balaban J connectivity index is 3.05. The minimum Gasteiger partial charge on any atom is -0.241 e. The monoisotopic (exact) mass is 165 g/mol. The molecule has 0 unspecified atom stereocenters. The van der Waals surface area contributed by atoms with Gasteiger partial charge in [0.1, 0.15) is 0 Å². The molecule has 0 spiro atoms. The Morgan fingerprint density at radius 1 is 1.55 bits per heavy atom. The zero-order valence-electron chi connectivity index (χ0n) is 5.59. The molecule has 0 N–H and O–H groups in total. The lowest BCUT2D eigenvalue weighted by atomic mass is 9.67. The van der Waals surface area contributed by atoms with Gasteiger partial charge >= 0.3 is 0 Å². The maximum Gasteiger partial charge on any atom is 0.164 e. The van der Waals surface area contributed by atoms with E-state index in [4.69, 9.17) is 27.3 Å². The van der Waals surface area contributed by atoms with Crippen molar-refractivity contribution in [1.29, 1.82) is 0 Å². The molecule has 0 atom stereocenters. The van der Waals surface area contributed by atoms with Gasteiger partial charge in [-0.3, -0.25) is 0 Å². The van der Waals surface area contributed by atoms with E-state index >= 15 is 0 Å². The van der Waals surface area contributed by atoms with Crippen LogP contribution in [0.3, 0.4) is 0 Å². The first-order chi connectivity index (χ1) is 5.11. The molecule has 0 bridgehead atoms. The summed E-state index contributed by atoms with van der Waals surface area (Å²) in [5.74, 6) is -0.606. The van der Waals surface area contributed by atoms with Gasteiger partial charge in [-0.05, 0) is 11.6 Å². The number of hydrogen-bond acceptors (Lipinski definition) is 1. The highest BCUT2D eigenvalue weighted by atomic mass is 35.5. The number of rotatable bonds is 1. The molecule has 0 aromatic carbocycles. The van der Waals surface area contributed by atoms with E-state index < -0.39 is 11.5 Å². The van der Waals surface area contributed by atoms with Crippen LogP contribution in [0.2, 0.25) is 5.15 Å². The second kappa shape index (κ2) is 3.26. The van der Waals surface area contributed by atoms with Crippen LogP contribution in [-0.2, 0) is 0 Å². The van der Waals surface area contributed by atoms with E-state index in [2.05, 4.69) is 4.98 Å². The van der Waals surface area contributed by atoms with Gasteiger partial charge in [0.05, 0.1) is 15.7 Å². The standard InChI is InChI=1S/C6H3B2ClFN/c7-5(8)3-1-4(10)6(9)11-2-3/h1-2,5H. The van der Waals surface area contributed by atoms with Crippen molar-refractivity contribution in [2.45, 2.75) is 5.72 Å². The third kappa shape index (κ3) is 1.96. The molecule has 1 aromatic heterocycles. The minimum atomic E-state index is -0.714. The van der Waals surface area contributed by atoms with E-state index in [-0.39, 0.29) is 5.15 Å². The van der Waals surface area contributed by atoms with Crippen molar-refractivity contribution in [2.75, 3.05) is 0 Å². The predicted molar refractivity (Wildman–Crippen MR) is 43.5 cm³/mol.